The number of furan rings is 1. The molecular weight excluding hydrogens is 376 g/mol. The topological polar surface area (TPSA) is 58.5 Å². The summed E-state index contributed by atoms with van der Waals surface area (Å²) in [6, 6.07) is 10.1. The van der Waals surface area contributed by atoms with E-state index in [1.165, 1.54) is 17.4 Å². The van der Waals surface area contributed by atoms with Crippen LogP contribution in [0.3, 0.4) is 0 Å². The monoisotopic (exact) mass is 404 g/mol. The summed E-state index contributed by atoms with van der Waals surface area (Å²) in [4.78, 5) is 17.9. The third-order valence-electron chi connectivity index (χ3n) is 6.68. The first-order valence-electron chi connectivity index (χ1n) is 10.8. The third-order valence-corrected chi connectivity index (χ3v) is 6.68. The van der Waals surface area contributed by atoms with Crippen molar-refractivity contribution in [3.05, 3.63) is 59.7 Å². The number of rotatable bonds is 5. The van der Waals surface area contributed by atoms with Crippen molar-refractivity contribution in [2.75, 3.05) is 20.2 Å². The summed E-state index contributed by atoms with van der Waals surface area (Å²) < 4.78 is 11.3. The first kappa shape index (κ1) is 19.0. The molecule has 2 aromatic heterocycles. The Bertz CT molecular complexity index is 1080. The van der Waals surface area contributed by atoms with E-state index < -0.39 is 0 Å². The molecule has 1 aliphatic heterocycles. The average Bonchev–Trinajstić information content (AvgIpc) is 3.17. The van der Waals surface area contributed by atoms with Crippen molar-refractivity contribution in [1.29, 1.82) is 0 Å². The fourth-order valence-electron chi connectivity index (χ4n) is 4.63. The van der Waals surface area contributed by atoms with E-state index in [-0.39, 0.29) is 5.91 Å². The van der Waals surface area contributed by atoms with Gasteiger partial charge in [0.15, 0.2) is 0 Å². The van der Waals surface area contributed by atoms with Gasteiger partial charge in [0, 0.05) is 42.2 Å². The van der Waals surface area contributed by atoms with Crippen LogP contribution < -0.4 is 4.74 Å². The lowest BCUT2D eigenvalue weighted by molar-refractivity contribution is -0.126. The molecule has 3 heterocycles. The van der Waals surface area contributed by atoms with Gasteiger partial charge in [-0.15, -0.1) is 0 Å². The van der Waals surface area contributed by atoms with Crippen molar-refractivity contribution in [2.45, 2.75) is 38.0 Å². The highest BCUT2D eigenvalue weighted by Gasteiger charge is 2.36. The number of carbonyl (C=O) groups is 1. The van der Waals surface area contributed by atoms with Crippen molar-refractivity contribution in [1.82, 2.24) is 9.88 Å². The van der Waals surface area contributed by atoms with E-state index in [9.17, 15) is 4.79 Å². The van der Waals surface area contributed by atoms with E-state index in [0.29, 0.717) is 17.8 Å². The standard InChI is InChI=1S/C25H28N2O3/c1-16-13-20(16)24-7-4-18(30-24)5-8-25(28)27-11-9-17(10-12-27)22-15-26-23-6-3-19(29-2)14-21(22)23/h3-8,14-17,20,26H,9-13H2,1-2H3/b8-5+. The van der Waals surface area contributed by atoms with Gasteiger partial charge in [-0.2, -0.15) is 0 Å². The molecule has 0 bridgehead atoms. The number of hydrogen-bond donors (Lipinski definition) is 1. The van der Waals surface area contributed by atoms with Crippen LogP contribution >= 0.6 is 0 Å². The number of nitrogens with one attached hydrogen (secondary N) is 1. The Hall–Kier alpha value is -2.95. The Labute approximate surface area is 176 Å². The number of benzene rings is 1. The SMILES string of the molecule is COc1ccc2[nH]cc(C3CCN(C(=O)/C=C/c4ccc(C5CC5C)o4)CC3)c2c1. The molecule has 1 aliphatic carbocycles. The molecule has 5 rings (SSSR count). The molecule has 5 heteroatoms. The van der Waals surface area contributed by atoms with Crippen LogP contribution in [0.15, 0.2) is 47.0 Å². The highest BCUT2D eigenvalue weighted by molar-refractivity contribution is 5.91. The number of nitrogens with zero attached hydrogens (tertiary/aromatic N) is 1. The second-order valence-corrected chi connectivity index (χ2v) is 8.65. The zero-order chi connectivity index (χ0) is 20.7. The number of amides is 1. The molecule has 2 fully saturated rings. The van der Waals surface area contributed by atoms with Gasteiger partial charge in [-0.3, -0.25) is 4.79 Å². The lowest BCUT2D eigenvalue weighted by Crippen LogP contribution is -2.36. The Morgan fingerprint density at radius 3 is 2.77 bits per heavy atom. The van der Waals surface area contributed by atoms with Gasteiger partial charge in [0.05, 0.1) is 7.11 Å². The molecule has 1 N–H and O–H groups in total. The molecule has 5 nitrogen and oxygen atoms in total. The Morgan fingerprint density at radius 2 is 2.03 bits per heavy atom. The molecule has 0 spiro atoms. The average molecular weight is 405 g/mol. The van der Waals surface area contributed by atoms with Gasteiger partial charge in [-0.05, 0) is 73.1 Å². The number of aromatic amines is 1. The van der Waals surface area contributed by atoms with Gasteiger partial charge >= 0.3 is 0 Å². The van der Waals surface area contributed by atoms with Crippen molar-refractivity contribution >= 4 is 22.9 Å². The molecule has 1 amide bonds. The van der Waals surface area contributed by atoms with Crippen LogP contribution in [0.4, 0.5) is 0 Å². The predicted molar refractivity (Wildman–Crippen MR) is 118 cm³/mol. The smallest absolute Gasteiger partial charge is 0.246 e. The Balaban J connectivity index is 1.20. The van der Waals surface area contributed by atoms with Crippen LogP contribution in [0.5, 0.6) is 5.75 Å². The Kier molecular flexibility index (Phi) is 4.89. The number of methoxy groups -OCH3 is 1. The fraction of sp³-hybridized carbons (Fsp3) is 0.400. The molecule has 1 saturated carbocycles. The zero-order valence-electron chi connectivity index (χ0n) is 17.6. The van der Waals surface area contributed by atoms with Crippen molar-refractivity contribution in [2.24, 2.45) is 5.92 Å². The maximum atomic E-state index is 12.6. The maximum absolute atomic E-state index is 12.6. The van der Waals surface area contributed by atoms with Gasteiger partial charge in [0.1, 0.15) is 17.3 Å². The van der Waals surface area contributed by atoms with Gasteiger partial charge < -0.3 is 19.0 Å². The van der Waals surface area contributed by atoms with Crippen molar-refractivity contribution in [3.63, 3.8) is 0 Å². The number of carbonyl (C=O) groups excluding carboxylic acids is 1. The van der Waals surface area contributed by atoms with E-state index >= 15 is 0 Å². The fourth-order valence-corrected chi connectivity index (χ4v) is 4.63. The van der Waals surface area contributed by atoms with E-state index in [1.807, 2.05) is 23.1 Å². The number of fused-ring (bicyclic) bond motifs is 1. The second-order valence-electron chi connectivity index (χ2n) is 8.65. The summed E-state index contributed by atoms with van der Waals surface area (Å²) in [6.45, 7) is 3.78. The molecule has 2 aliphatic rings. The first-order chi connectivity index (χ1) is 14.6. The summed E-state index contributed by atoms with van der Waals surface area (Å²) >= 11 is 0. The summed E-state index contributed by atoms with van der Waals surface area (Å²) in [5, 5.41) is 1.22. The molecule has 1 aromatic carbocycles. The second kappa shape index (κ2) is 7.71. The minimum atomic E-state index is 0.0618. The molecule has 2 atom stereocenters. The van der Waals surface area contributed by atoms with E-state index in [2.05, 4.69) is 30.2 Å². The summed E-state index contributed by atoms with van der Waals surface area (Å²) in [7, 11) is 1.70. The number of H-pyrrole nitrogens is 1. The number of aromatic nitrogens is 1. The number of piperidine rings is 1. The van der Waals surface area contributed by atoms with E-state index in [1.54, 1.807) is 19.3 Å². The molecular formula is C25H28N2O3. The van der Waals surface area contributed by atoms with Crippen LogP contribution in [0.25, 0.3) is 17.0 Å². The summed E-state index contributed by atoms with van der Waals surface area (Å²) in [5.74, 6) is 4.48. The minimum absolute atomic E-state index is 0.0618. The molecule has 156 valence electrons. The van der Waals surface area contributed by atoms with Gasteiger partial charge in [0.2, 0.25) is 5.91 Å². The quantitative estimate of drug-likeness (QED) is 0.586. The lowest BCUT2D eigenvalue weighted by atomic mass is 9.89. The highest BCUT2D eigenvalue weighted by Crippen LogP contribution is 2.47. The maximum Gasteiger partial charge on any atom is 0.246 e. The zero-order valence-corrected chi connectivity index (χ0v) is 17.6. The summed E-state index contributed by atoms with van der Waals surface area (Å²) in [5.41, 5.74) is 2.45. The van der Waals surface area contributed by atoms with Crippen LogP contribution in [0, 0.1) is 5.92 Å². The van der Waals surface area contributed by atoms with Gasteiger partial charge in [0.25, 0.3) is 0 Å². The van der Waals surface area contributed by atoms with Crippen LogP contribution in [0.2, 0.25) is 0 Å². The first-order valence-corrected chi connectivity index (χ1v) is 10.8. The molecule has 1 saturated heterocycles. The van der Waals surface area contributed by atoms with Gasteiger partial charge in [-0.1, -0.05) is 6.92 Å². The Morgan fingerprint density at radius 1 is 1.23 bits per heavy atom. The van der Waals surface area contributed by atoms with Crippen molar-refractivity contribution < 1.29 is 13.9 Å². The van der Waals surface area contributed by atoms with Crippen LogP contribution in [-0.2, 0) is 4.79 Å². The highest BCUT2D eigenvalue weighted by atomic mass is 16.5. The van der Waals surface area contributed by atoms with E-state index in [0.717, 1.165) is 48.7 Å². The number of hydrogen-bond acceptors (Lipinski definition) is 3. The third kappa shape index (κ3) is 3.64. The minimum Gasteiger partial charge on any atom is -0.497 e. The molecule has 0 radical (unpaired) electrons. The number of likely N-dealkylation sites (tertiary alicyclic amines) is 1. The van der Waals surface area contributed by atoms with Crippen LogP contribution in [-0.4, -0.2) is 36.0 Å². The largest absolute Gasteiger partial charge is 0.497 e. The number of ether oxygens (including phenoxy) is 1. The van der Waals surface area contributed by atoms with Crippen LogP contribution in [0.1, 0.15) is 55.1 Å². The molecule has 2 unspecified atom stereocenters. The van der Waals surface area contributed by atoms with Crippen molar-refractivity contribution in [3.8, 4) is 5.75 Å². The van der Waals surface area contributed by atoms with Gasteiger partial charge in [-0.25, -0.2) is 0 Å². The summed E-state index contributed by atoms with van der Waals surface area (Å²) in [6.07, 6.45) is 8.70. The predicted octanol–water partition coefficient (Wildman–Crippen LogP) is 5.31. The molecule has 3 aromatic rings. The normalized spacial score (nSPS) is 22.1. The molecule has 30 heavy (non-hydrogen) atoms. The van der Waals surface area contributed by atoms with E-state index in [4.69, 9.17) is 9.15 Å². The lowest BCUT2D eigenvalue weighted by Gasteiger charge is -2.31.